The van der Waals surface area contributed by atoms with E-state index < -0.39 is 0 Å². The lowest BCUT2D eigenvalue weighted by molar-refractivity contribution is 0.300. The second kappa shape index (κ2) is 8.20. The van der Waals surface area contributed by atoms with Gasteiger partial charge in [-0.2, -0.15) is 0 Å². The minimum atomic E-state index is 0.535. The molecule has 6 heteroatoms. The van der Waals surface area contributed by atoms with Crippen LogP contribution in [0.25, 0.3) is 11.3 Å². The van der Waals surface area contributed by atoms with Gasteiger partial charge in [-0.05, 0) is 36.4 Å². The molecule has 4 nitrogen and oxygen atoms in total. The number of ether oxygens (including phenoxy) is 1. The number of hydrogen-bond donors (Lipinski definition) is 1. The lowest BCUT2D eigenvalue weighted by Gasteiger charge is -2.05. The molecule has 0 aliphatic heterocycles. The van der Waals surface area contributed by atoms with E-state index in [0.29, 0.717) is 35.6 Å². The van der Waals surface area contributed by atoms with E-state index in [4.69, 9.17) is 32.4 Å². The Morgan fingerprint density at radius 2 is 2.00 bits per heavy atom. The van der Waals surface area contributed by atoms with Gasteiger partial charge in [-0.25, -0.2) is 4.98 Å². The average Bonchev–Trinajstić information content (AvgIpc) is 3.04. The third-order valence-corrected chi connectivity index (χ3v) is 3.87. The minimum Gasteiger partial charge on any atom is -0.476 e. The highest BCUT2D eigenvalue weighted by Gasteiger charge is 2.09. The molecular formula is C18H16Cl2N2O2. The molecule has 0 aliphatic rings. The molecule has 3 aromatic rings. The van der Waals surface area contributed by atoms with Crippen molar-refractivity contribution in [2.24, 2.45) is 0 Å². The Morgan fingerprint density at radius 3 is 2.79 bits per heavy atom. The van der Waals surface area contributed by atoms with Crippen LogP contribution in [0.1, 0.15) is 5.76 Å². The number of rotatable bonds is 7. The van der Waals surface area contributed by atoms with E-state index in [1.54, 1.807) is 18.3 Å². The zero-order valence-corrected chi connectivity index (χ0v) is 14.3. The molecule has 0 amide bonds. The maximum Gasteiger partial charge on any atom is 0.213 e. The van der Waals surface area contributed by atoms with Crippen molar-refractivity contribution in [3.05, 3.63) is 70.5 Å². The zero-order valence-electron chi connectivity index (χ0n) is 12.8. The van der Waals surface area contributed by atoms with Crippen LogP contribution in [-0.4, -0.2) is 18.1 Å². The first-order valence-electron chi connectivity index (χ1n) is 7.51. The zero-order chi connectivity index (χ0) is 16.8. The monoisotopic (exact) mass is 362 g/mol. The second-order valence-electron chi connectivity index (χ2n) is 5.08. The molecule has 2 heterocycles. The van der Waals surface area contributed by atoms with Crippen LogP contribution >= 0.6 is 23.2 Å². The first-order valence-corrected chi connectivity index (χ1v) is 8.26. The van der Waals surface area contributed by atoms with E-state index in [0.717, 1.165) is 17.1 Å². The SMILES string of the molecule is Clc1ccc(-c2ccc(CNCCOc3ccccn3)o2)c(Cl)c1. The molecule has 24 heavy (non-hydrogen) atoms. The van der Waals surface area contributed by atoms with Gasteiger partial charge >= 0.3 is 0 Å². The predicted octanol–water partition coefficient (Wildman–Crippen LogP) is 4.82. The third-order valence-electron chi connectivity index (χ3n) is 3.32. The molecule has 1 aromatic carbocycles. The fourth-order valence-electron chi connectivity index (χ4n) is 2.18. The van der Waals surface area contributed by atoms with Crippen LogP contribution in [-0.2, 0) is 6.54 Å². The molecule has 0 atom stereocenters. The molecule has 0 radical (unpaired) electrons. The van der Waals surface area contributed by atoms with Crippen LogP contribution < -0.4 is 10.1 Å². The van der Waals surface area contributed by atoms with E-state index in [9.17, 15) is 0 Å². The van der Waals surface area contributed by atoms with Gasteiger partial charge in [0.2, 0.25) is 5.88 Å². The number of benzene rings is 1. The van der Waals surface area contributed by atoms with Crippen molar-refractivity contribution in [3.63, 3.8) is 0 Å². The van der Waals surface area contributed by atoms with E-state index in [-0.39, 0.29) is 0 Å². The van der Waals surface area contributed by atoms with Crippen molar-refractivity contribution in [3.8, 4) is 17.2 Å². The second-order valence-corrected chi connectivity index (χ2v) is 5.93. The Hall–Kier alpha value is -2.01. The number of aromatic nitrogens is 1. The molecule has 3 rings (SSSR count). The number of nitrogens with zero attached hydrogens (tertiary/aromatic N) is 1. The van der Waals surface area contributed by atoms with Crippen LogP contribution in [0, 0.1) is 0 Å². The summed E-state index contributed by atoms with van der Waals surface area (Å²) in [5.74, 6) is 2.17. The van der Waals surface area contributed by atoms with E-state index in [2.05, 4.69) is 10.3 Å². The van der Waals surface area contributed by atoms with Crippen molar-refractivity contribution >= 4 is 23.2 Å². The Morgan fingerprint density at radius 1 is 1.08 bits per heavy atom. The van der Waals surface area contributed by atoms with Crippen molar-refractivity contribution in [2.45, 2.75) is 6.54 Å². The molecule has 124 valence electrons. The molecule has 1 N–H and O–H groups in total. The topological polar surface area (TPSA) is 47.3 Å². The van der Waals surface area contributed by atoms with Gasteiger partial charge in [-0.1, -0.05) is 29.3 Å². The lowest BCUT2D eigenvalue weighted by atomic mass is 10.2. The Kier molecular flexibility index (Phi) is 5.75. The minimum absolute atomic E-state index is 0.535. The van der Waals surface area contributed by atoms with Gasteiger partial charge in [-0.3, -0.25) is 0 Å². The Bertz CT molecular complexity index is 791. The van der Waals surface area contributed by atoms with Gasteiger partial charge in [0, 0.05) is 29.4 Å². The number of furan rings is 1. The predicted molar refractivity (Wildman–Crippen MR) is 95.6 cm³/mol. The summed E-state index contributed by atoms with van der Waals surface area (Å²) in [5.41, 5.74) is 0.825. The summed E-state index contributed by atoms with van der Waals surface area (Å²) in [5, 5.41) is 4.43. The van der Waals surface area contributed by atoms with Crippen molar-refractivity contribution < 1.29 is 9.15 Å². The van der Waals surface area contributed by atoms with Gasteiger partial charge in [0.1, 0.15) is 18.1 Å². The fraction of sp³-hybridized carbons (Fsp3) is 0.167. The van der Waals surface area contributed by atoms with Gasteiger partial charge in [-0.15, -0.1) is 0 Å². The van der Waals surface area contributed by atoms with Crippen LogP contribution in [0.15, 0.2) is 59.1 Å². The highest BCUT2D eigenvalue weighted by Crippen LogP contribution is 2.31. The number of hydrogen-bond acceptors (Lipinski definition) is 4. The lowest BCUT2D eigenvalue weighted by Crippen LogP contribution is -2.20. The molecule has 0 bridgehead atoms. The van der Waals surface area contributed by atoms with Crippen molar-refractivity contribution in [1.29, 1.82) is 0 Å². The third kappa shape index (κ3) is 4.51. The normalized spacial score (nSPS) is 10.8. The maximum atomic E-state index is 6.19. The van der Waals surface area contributed by atoms with Crippen LogP contribution in [0.2, 0.25) is 10.0 Å². The number of halogens is 2. The summed E-state index contributed by atoms with van der Waals surface area (Å²) in [4.78, 5) is 4.10. The van der Waals surface area contributed by atoms with Crippen LogP contribution in [0.3, 0.4) is 0 Å². The van der Waals surface area contributed by atoms with Gasteiger partial charge < -0.3 is 14.5 Å². The number of pyridine rings is 1. The molecule has 0 fully saturated rings. The smallest absolute Gasteiger partial charge is 0.213 e. The first-order chi connectivity index (χ1) is 11.7. The summed E-state index contributed by atoms with van der Waals surface area (Å²) in [7, 11) is 0. The number of nitrogens with one attached hydrogen (secondary N) is 1. The molecule has 0 aliphatic carbocycles. The van der Waals surface area contributed by atoms with Crippen molar-refractivity contribution in [2.75, 3.05) is 13.2 Å². The molecule has 0 saturated carbocycles. The summed E-state index contributed by atoms with van der Waals surface area (Å²) >= 11 is 12.1. The Balaban J connectivity index is 1.48. The fourth-order valence-corrected chi connectivity index (χ4v) is 2.68. The van der Waals surface area contributed by atoms with Crippen LogP contribution in [0.4, 0.5) is 0 Å². The standard InChI is InChI=1S/C18H16Cl2N2O2/c19-13-4-6-15(16(20)11-13)17-7-5-14(24-17)12-21-9-10-23-18-3-1-2-8-22-18/h1-8,11,21H,9-10,12H2. The first kappa shape index (κ1) is 16.8. The largest absolute Gasteiger partial charge is 0.476 e. The maximum absolute atomic E-state index is 6.19. The van der Waals surface area contributed by atoms with E-state index in [1.165, 1.54) is 0 Å². The summed E-state index contributed by atoms with van der Waals surface area (Å²) in [6.45, 7) is 1.83. The van der Waals surface area contributed by atoms with Gasteiger partial charge in [0.15, 0.2) is 0 Å². The molecule has 0 unspecified atom stereocenters. The Labute approximate surface area is 150 Å². The van der Waals surface area contributed by atoms with E-state index in [1.807, 2.05) is 36.4 Å². The molecule has 0 saturated heterocycles. The summed E-state index contributed by atoms with van der Waals surface area (Å²) in [6, 6.07) is 14.7. The van der Waals surface area contributed by atoms with Crippen LogP contribution in [0.5, 0.6) is 5.88 Å². The van der Waals surface area contributed by atoms with E-state index >= 15 is 0 Å². The summed E-state index contributed by atoms with van der Waals surface area (Å²) < 4.78 is 11.3. The quantitative estimate of drug-likeness (QED) is 0.612. The van der Waals surface area contributed by atoms with Crippen molar-refractivity contribution in [1.82, 2.24) is 10.3 Å². The summed E-state index contributed by atoms with van der Waals surface area (Å²) in [6.07, 6.45) is 1.70. The van der Waals surface area contributed by atoms with Gasteiger partial charge in [0.25, 0.3) is 0 Å². The molecular weight excluding hydrogens is 347 g/mol. The molecule has 2 aromatic heterocycles. The molecule has 0 spiro atoms. The average molecular weight is 363 g/mol. The van der Waals surface area contributed by atoms with Gasteiger partial charge in [0.05, 0.1) is 11.6 Å². The highest BCUT2D eigenvalue weighted by atomic mass is 35.5. The highest BCUT2D eigenvalue weighted by molar-refractivity contribution is 6.36.